The lowest BCUT2D eigenvalue weighted by atomic mass is 10.3. The van der Waals surface area contributed by atoms with Crippen molar-refractivity contribution >= 4 is 23.0 Å². The van der Waals surface area contributed by atoms with Crippen LogP contribution in [0.15, 0.2) is 23.6 Å². The molecule has 0 aromatic carbocycles. The lowest BCUT2D eigenvalue weighted by molar-refractivity contribution is -0.142. The summed E-state index contributed by atoms with van der Waals surface area (Å²) in [5.41, 5.74) is -0.899. The summed E-state index contributed by atoms with van der Waals surface area (Å²) >= 11 is 1.26. The van der Waals surface area contributed by atoms with E-state index in [0.717, 1.165) is 25.7 Å². The number of amides is 1. The molecule has 4 rings (SSSR count). The second kappa shape index (κ2) is 8.66. The van der Waals surface area contributed by atoms with Crippen LogP contribution in [0.2, 0.25) is 0 Å². The van der Waals surface area contributed by atoms with Gasteiger partial charge in [0.25, 0.3) is 11.7 Å². The monoisotopic (exact) mass is 440 g/mol. The molecule has 0 spiro atoms. The van der Waals surface area contributed by atoms with E-state index in [4.69, 9.17) is 4.74 Å². The first-order chi connectivity index (χ1) is 14.4. The standard InChI is InChI=1S/C18H19F3N6O2S/c19-18(20,21)14-11-12(13-3-1-10-30-13)23-17-24-15(25-27(14)17)16(28)22-4-2-5-26-6-8-29-9-7-26/h1,3,10-11H,2,4-9H2,(H,22,28). The van der Waals surface area contributed by atoms with Gasteiger partial charge in [-0.05, 0) is 30.5 Å². The molecule has 4 heterocycles. The fraction of sp³-hybridized carbons (Fsp3) is 0.444. The molecule has 1 aliphatic heterocycles. The Kier molecular flexibility index (Phi) is 5.97. The van der Waals surface area contributed by atoms with Gasteiger partial charge in [-0.2, -0.15) is 22.7 Å². The molecule has 3 aromatic rings. The minimum absolute atomic E-state index is 0.134. The molecule has 30 heavy (non-hydrogen) atoms. The van der Waals surface area contributed by atoms with Crippen molar-refractivity contribution in [2.24, 2.45) is 0 Å². The van der Waals surface area contributed by atoms with Crippen molar-refractivity contribution in [2.75, 3.05) is 39.4 Å². The average molecular weight is 440 g/mol. The van der Waals surface area contributed by atoms with Gasteiger partial charge in [-0.3, -0.25) is 9.69 Å². The summed E-state index contributed by atoms with van der Waals surface area (Å²) < 4.78 is 46.5. The number of hydrogen-bond donors (Lipinski definition) is 1. The molecule has 1 saturated heterocycles. The van der Waals surface area contributed by atoms with Crippen molar-refractivity contribution in [2.45, 2.75) is 12.6 Å². The third kappa shape index (κ3) is 4.60. The number of aromatic nitrogens is 4. The maximum Gasteiger partial charge on any atom is 0.433 e. The predicted molar refractivity (Wildman–Crippen MR) is 103 cm³/mol. The summed E-state index contributed by atoms with van der Waals surface area (Å²) in [4.78, 5) is 23.2. The number of carbonyl (C=O) groups is 1. The van der Waals surface area contributed by atoms with Crippen LogP contribution in [0.5, 0.6) is 0 Å². The van der Waals surface area contributed by atoms with Gasteiger partial charge in [0.2, 0.25) is 5.82 Å². The third-order valence-electron chi connectivity index (χ3n) is 4.62. The normalized spacial score (nSPS) is 15.6. The minimum Gasteiger partial charge on any atom is -0.379 e. The van der Waals surface area contributed by atoms with E-state index < -0.39 is 17.8 Å². The van der Waals surface area contributed by atoms with Crippen LogP contribution in [0.1, 0.15) is 22.7 Å². The molecule has 0 unspecified atom stereocenters. The summed E-state index contributed by atoms with van der Waals surface area (Å²) in [6.45, 7) is 4.25. The number of halogens is 3. The number of rotatable bonds is 6. The second-order valence-corrected chi connectivity index (χ2v) is 7.66. The first-order valence-corrected chi connectivity index (χ1v) is 10.3. The predicted octanol–water partition coefficient (Wildman–Crippen LogP) is 2.32. The van der Waals surface area contributed by atoms with Gasteiger partial charge < -0.3 is 10.1 Å². The summed E-state index contributed by atoms with van der Waals surface area (Å²) in [5.74, 6) is -1.25. The molecule has 160 valence electrons. The Labute approximate surface area is 173 Å². The van der Waals surface area contributed by atoms with Gasteiger partial charge in [0, 0.05) is 19.6 Å². The summed E-state index contributed by atoms with van der Waals surface area (Å²) in [7, 11) is 0. The maximum absolute atomic E-state index is 13.5. The maximum atomic E-state index is 13.5. The van der Waals surface area contributed by atoms with Crippen LogP contribution in [0.3, 0.4) is 0 Å². The summed E-state index contributed by atoms with van der Waals surface area (Å²) in [6.07, 6.45) is -3.97. The van der Waals surface area contributed by atoms with Gasteiger partial charge >= 0.3 is 6.18 Å². The van der Waals surface area contributed by atoms with E-state index in [0.29, 0.717) is 35.6 Å². The second-order valence-electron chi connectivity index (χ2n) is 6.71. The van der Waals surface area contributed by atoms with Crippen LogP contribution >= 0.6 is 11.3 Å². The zero-order valence-corrected chi connectivity index (χ0v) is 16.7. The lowest BCUT2D eigenvalue weighted by Gasteiger charge is -2.26. The van der Waals surface area contributed by atoms with Crippen LogP contribution < -0.4 is 5.32 Å². The molecule has 1 fully saturated rings. The Balaban J connectivity index is 1.49. The topological polar surface area (TPSA) is 84.7 Å². The van der Waals surface area contributed by atoms with Crippen molar-refractivity contribution in [1.29, 1.82) is 0 Å². The first-order valence-electron chi connectivity index (χ1n) is 9.39. The Morgan fingerprint density at radius 2 is 2.07 bits per heavy atom. The van der Waals surface area contributed by atoms with Crippen molar-refractivity contribution in [1.82, 2.24) is 29.8 Å². The molecule has 1 amide bonds. The Bertz CT molecular complexity index is 1020. The Morgan fingerprint density at radius 1 is 1.27 bits per heavy atom. The third-order valence-corrected chi connectivity index (χ3v) is 5.51. The van der Waals surface area contributed by atoms with E-state index in [1.165, 1.54) is 11.3 Å². The average Bonchev–Trinajstić information content (AvgIpc) is 3.40. The molecule has 0 aliphatic carbocycles. The molecular weight excluding hydrogens is 421 g/mol. The highest BCUT2D eigenvalue weighted by Gasteiger charge is 2.36. The SMILES string of the molecule is O=C(NCCCN1CCOCC1)c1nc2nc(-c3cccs3)cc(C(F)(F)F)n2n1. The highest BCUT2D eigenvalue weighted by molar-refractivity contribution is 7.13. The van der Waals surface area contributed by atoms with Crippen LogP contribution in [0.25, 0.3) is 16.3 Å². The first kappa shape index (κ1) is 20.7. The minimum atomic E-state index is -4.67. The van der Waals surface area contributed by atoms with E-state index >= 15 is 0 Å². The number of nitrogens with one attached hydrogen (secondary N) is 1. The lowest BCUT2D eigenvalue weighted by Crippen LogP contribution is -2.38. The van der Waals surface area contributed by atoms with Crippen LogP contribution in [-0.2, 0) is 10.9 Å². The quantitative estimate of drug-likeness (QED) is 0.593. The smallest absolute Gasteiger partial charge is 0.379 e. The molecule has 0 saturated carbocycles. The van der Waals surface area contributed by atoms with Gasteiger partial charge in [0.1, 0.15) is 0 Å². The Hall–Kier alpha value is -2.57. The molecule has 0 radical (unpaired) electrons. The van der Waals surface area contributed by atoms with E-state index in [1.54, 1.807) is 17.5 Å². The number of ether oxygens (including phenoxy) is 1. The number of alkyl halides is 3. The van der Waals surface area contributed by atoms with Crippen molar-refractivity contribution < 1.29 is 22.7 Å². The molecule has 1 aliphatic rings. The van der Waals surface area contributed by atoms with Gasteiger partial charge in [0.15, 0.2) is 5.69 Å². The number of hydrogen-bond acceptors (Lipinski definition) is 7. The zero-order chi connectivity index (χ0) is 21.1. The molecule has 0 atom stereocenters. The number of nitrogens with zero attached hydrogens (tertiary/aromatic N) is 5. The van der Waals surface area contributed by atoms with Crippen LogP contribution in [-0.4, -0.2) is 69.8 Å². The largest absolute Gasteiger partial charge is 0.433 e. The fourth-order valence-electron chi connectivity index (χ4n) is 3.13. The summed E-state index contributed by atoms with van der Waals surface area (Å²) in [5, 5.41) is 8.16. The van der Waals surface area contributed by atoms with Crippen molar-refractivity contribution in [3.05, 3.63) is 35.1 Å². The number of morpholine rings is 1. The van der Waals surface area contributed by atoms with Crippen LogP contribution in [0.4, 0.5) is 13.2 Å². The number of thiophene rings is 1. The van der Waals surface area contributed by atoms with E-state index in [9.17, 15) is 18.0 Å². The zero-order valence-electron chi connectivity index (χ0n) is 15.9. The van der Waals surface area contributed by atoms with Gasteiger partial charge in [-0.15, -0.1) is 16.4 Å². The molecule has 0 bridgehead atoms. The molecule has 12 heteroatoms. The van der Waals surface area contributed by atoms with E-state index in [-0.39, 0.29) is 17.3 Å². The van der Waals surface area contributed by atoms with Gasteiger partial charge in [-0.1, -0.05) is 6.07 Å². The molecule has 1 N–H and O–H groups in total. The molecule has 3 aromatic heterocycles. The van der Waals surface area contributed by atoms with Crippen LogP contribution in [0, 0.1) is 0 Å². The summed E-state index contributed by atoms with van der Waals surface area (Å²) in [6, 6.07) is 4.30. The van der Waals surface area contributed by atoms with Crippen molar-refractivity contribution in [3.8, 4) is 10.6 Å². The van der Waals surface area contributed by atoms with Gasteiger partial charge in [-0.25, -0.2) is 4.98 Å². The van der Waals surface area contributed by atoms with E-state index in [1.807, 2.05) is 0 Å². The number of carbonyl (C=O) groups excluding carboxylic acids is 1. The highest BCUT2D eigenvalue weighted by atomic mass is 32.1. The molecule has 8 nitrogen and oxygen atoms in total. The fourth-order valence-corrected chi connectivity index (χ4v) is 3.81. The Morgan fingerprint density at radius 3 is 2.77 bits per heavy atom. The van der Waals surface area contributed by atoms with Gasteiger partial charge in [0.05, 0.1) is 23.8 Å². The van der Waals surface area contributed by atoms with E-state index in [2.05, 4.69) is 25.3 Å². The number of fused-ring (bicyclic) bond motifs is 1. The highest BCUT2D eigenvalue weighted by Crippen LogP contribution is 2.32. The van der Waals surface area contributed by atoms with Crippen molar-refractivity contribution in [3.63, 3.8) is 0 Å². The molecular formula is C18H19F3N6O2S.